The van der Waals surface area contributed by atoms with Crippen LogP contribution in [0.1, 0.15) is 24.2 Å². The molecule has 6 nitrogen and oxygen atoms in total. The Balaban J connectivity index is 1.88. The molecule has 0 aliphatic carbocycles. The molecule has 3 rings (SSSR count). The highest BCUT2D eigenvalue weighted by Gasteiger charge is 2.36. The number of alkyl halides is 3. The minimum absolute atomic E-state index is 0.0148. The van der Waals surface area contributed by atoms with E-state index < -0.39 is 18.6 Å². The summed E-state index contributed by atoms with van der Waals surface area (Å²) in [5, 5.41) is 5.14. The lowest BCUT2D eigenvalue weighted by Crippen LogP contribution is -2.44. The molecule has 1 aliphatic rings. The Morgan fingerprint density at radius 3 is 2.68 bits per heavy atom. The van der Waals surface area contributed by atoms with E-state index in [-0.39, 0.29) is 36.8 Å². The zero-order chi connectivity index (χ0) is 20.3. The van der Waals surface area contributed by atoms with Crippen LogP contribution in [0.2, 0.25) is 0 Å². The van der Waals surface area contributed by atoms with Crippen LogP contribution in [-0.2, 0) is 16.1 Å². The molecule has 148 valence electrons. The van der Waals surface area contributed by atoms with E-state index in [9.17, 15) is 22.8 Å². The van der Waals surface area contributed by atoms with Crippen LogP contribution in [0.4, 0.5) is 18.9 Å². The number of anilines is 1. The summed E-state index contributed by atoms with van der Waals surface area (Å²) in [6.07, 6.45) is -3.29. The molecule has 0 spiro atoms. The van der Waals surface area contributed by atoms with E-state index in [1.165, 1.54) is 18.4 Å². The number of benzene rings is 1. The van der Waals surface area contributed by atoms with Crippen LogP contribution in [0, 0.1) is 6.92 Å². The molecule has 2 aromatic rings. The average molecular weight is 393 g/mol. The fourth-order valence-electron chi connectivity index (χ4n) is 2.86. The van der Waals surface area contributed by atoms with E-state index in [4.69, 9.17) is 4.42 Å². The molecule has 0 bridgehead atoms. The number of halogens is 3. The Hall–Kier alpha value is -3.10. The highest BCUT2D eigenvalue weighted by molar-refractivity contribution is 6.40. The monoisotopic (exact) mass is 393 g/mol. The van der Waals surface area contributed by atoms with Crippen LogP contribution >= 0.6 is 0 Å². The van der Waals surface area contributed by atoms with Crippen molar-refractivity contribution in [1.82, 2.24) is 4.90 Å². The number of hydrogen-bond donors (Lipinski definition) is 0. The second-order valence-corrected chi connectivity index (χ2v) is 6.45. The van der Waals surface area contributed by atoms with Gasteiger partial charge in [-0.1, -0.05) is 12.1 Å². The van der Waals surface area contributed by atoms with Crippen molar-refractivity contribution in [3.8, 4) is 0 Å². The van der Waals surface area contributed by atoms with Crippen LogP contribution in [0.3, 0.4) is 0 Å². The molecule has 1 aromatic carbocycles. The minimum Gasteiger partial charge on any atom is -0.467 e. The quantitative estimate of drug-likeness (QED) is 0.779. The van der Waals surface area contributed by atoms with Gasteiger partial charge in [0.25, 0.3) is 5.91 Å². The van der Waals surface area contributed by atoms with Crippen LogP contribution in [-0.4, -0.2) is 35.1 Å². The fraction of sp³-hybridized carbons (Fsp3) is 0.316. The molecule has 1 aliphatic heterocycles. The first-order valence-electron chi connectivity index (χ1n) is 8.58. The smallest absolute Gasteiger partial charge is 0.406 e. The predicted molar refractivity (Wildman–Crippen MR) is 95.5 cm³/mol. The third-order valence-electron chi connectivity index (χ3n) is 4.11. The predicted octanol–water partition coefficient (Wildman–Crippen LogP) is 3.66. The molecule has 1 aromatic heterocycles. The Morgan fingerprint density at radius 1 is 1.25 bits per heavy atom. The summed E-state index contributed by atoms with van der Waals surface area (Å²) in [6, 6.07) is 9.95. The fourth-order valence-corrected chi connectivity index (χ4v) is 2.86. The summed E-state index contributed by atoms with van der Waals surface area (Å²) in [7, 11) is 0. The van der Waals surface area contributed by atoms with Gasteiger partial charge in [-0.25, -0.2) is 5.01 Å². The maximum absolute atomic E-state index is 13.0. The largest absolute Gasteiger partial charge is 0.467 e. The number of furan rings is 1. The van der Waals surface area contributed by atoms with E-state index in [1.807, 2.05) is 13.0 Å². The lowest BCUT2D eigenvalue weighted by molar-refractivity contribution is -0.158. The Kier molecular flexibility index (Phi) is 5.53. The number of aryl methyl sites for hydroxylation is 1. The molecule has 2 amide bonds. The average Bonchev–Trinajstić information content (AvgIpc) is 3.13. The SMILES string of the molecule is Cc1cccc(N2N=C(C(=O)N(Cc3ccco3)CC(F)(F)F)CCC2=O)c1. The maximum Gasteiger partial charge on any atom is 0.406 e. The summed E-state index contributed by atoms with van der Waals surface area (Å²) in [6.45, 7) is 0.0504. The molecule has 28 heavy (non-hydrogen) atoms. The zero-order valence-electron chi connectivity index (χ0n) is 15.1. The summed E-state index contributed by atoms with van der Waals surface area (Å²) in [5.74, 6) is -0.977. The van der Waals surface area contributed by atoms with Gasteiger partial charge in [0, 0.05) is 12.8 Å². The Bertz CT molecular complexity index is 891. The van der Waals surface area contributed by atoms with Crippen molar-refractivity contribution in [2.75, 3.05) is 11.6 Å². The van der Waals surface area contributed by atoms with Gasteiger partial charge in [0.1, 0.15) is 18.0 Å². The van der Waals surface area contributed by atoms with Gasteiger partial charge in [0.15, 0.2) is 0 Å². The van der Waals surface area contributed by atoms with Crippen molar-refractivity contribution in [2.45, 2.75) is 32.5 Å². The summed E-state index contributed by atoms with van der Waals surface area (Å²) in [5.41, 5.74) is 1.25. The first kappa shape index (κ1) is 19.7. The van der Waals surface area contributed by atoms with Gasteiger partial charge in [-0.3, -0.25) is 9.59 Å². The lowest BCUT2D eigenvalue weighted by Gasteiger charge is -2.27. The summed E-state index contributed by atoms with van der Waals surface area (Å²) >= 11 is 0. The number of carbonyl (C=O) groups excluding carboxylic acids is 2. The van der Waals surface area contributed by atoms with E-state index >= 15 is 0 Å². The van der Waals surface area contributed by atoms with Gasteiger partial charge >= 0.3 is 6.18 Å². The number of nitrogens with zero attached hydrogens (tertiary/aromatic N) is 3. The third kappa shape index (κ3) is 4.79. The maximum atomic E-state index is 13.0. The molecule has 0 radical (unpaired) electrons. The topological polar surface area (TPSA) is 66.1 Å². The zero-order valence-corrected chi connectivity index (χ0v) is 15.1. The standard InChI is InChI=1S/C19H18F3N3O3/c1-13-4-2-5-14(10-13)25-17(26)8-7-16(23-25)18(27)24(12-19(20,21)22)11-15-6-3-9-28-15/h2-6,9-10H,7-8,11-12H2,1H3. The highest BCUT2D eigenvalue weighted by Crippen LogP contribution is 2.24. The molecule has 0 N–H and O–H groups in total. The van der Waals surface area contributed by atoms with Crippen molar-refractivity contribution in [3.63, 3.8) is 0 Å². The first-order valence-corrected chi connectivity index (χ1v) is 8.58. The van der Waals surface area contributed by atoms with Crippen molar-refractivity contribution < 1.29 is 27.2 Å². The molecule has 0 atom stereocenters. The minimum atomic E-state index is -4.58. The second-order valence-electron chi connectivity index (χ2n) is 6.45. The molecule has 9 heteroatoms. The molecule has 0 saturated carbocycles. The van der Waals surface area contributed by atoms with Crippen LogP contribution in [0.5, 0.6) is 0 Å². The summed E-state index contributed by atoms with van der Waals surface area (Å²) in [4.78, 5) is 25.6. The molecule has 0 unspecified atom stereocenters. The highest BCUT2D eigenvalue weighted by atomic mass is 19.4. The van der Waals surface area contributed by atoms with Gasteiger partial charge in [0.05, 0.1) is 18.5 Å². The van der Waals surface area contributed by atoms with Crippen molar-refractivity contribution in [3.05, 3.63) is 54.0 Å². The Labute approximate surface area is 159 Å². The first-order chi connectivity index (χ1) is 13.2. The molecule has 0 saturated heterocycles. The van der Waals surface area contributed by atoms with Gasteiger partial charge in [-0.15, -0.1) is 0 Å². The van der Waals surface area contributed by atoms with E-state index in [0.29, 0.717) is 10.6 Å². The third-order valence-corrected chi connectivity index (χ3v) is 4.11. The number of amides is 2. The molecule has 0 fully saturated rings. The Morgan fingerprint density at radius 2 is 2.04 bits per heavy atom. The van der Waals surface area contributed by atoms with Gasteiger partial charge in [-0.05, 0) is 36.8 Å². The van der Waals surface area contributed by atoms with Crippen LogP contribution in [0.15, 0.2) is 52.2 Å². The number of carbonyl (C=O) groups is 2. The number of hydrogen-bond acceptors (Lipinski definition) is 4. The normalized spacial score (nSPS) is 14.8. The van der Waals surface area contributed by atoms with E-state index in [0.717, 1.165) is 10.6 Å². The van der Waals surface area contributed by atoms with Crippen molar-refractivity contribution >= 4 is 23.2 Å². The molecular weight excluding hydrogens is 375 g/mol. The molecule has 2 heterocycles. The number of hydrazone groups is 1. The van der Waals surface area contributed by atoms with Crippen LogP contribution < -0.4 is 5.01 Å². The van der Waals surface area contributed by atoms with Gasteiger partial charge in [-0.2, -0.15) is 18.3 Å². The van der Waals surface area contributed by atoms with Crippen molar-refractivity contribution in [2.24, 2.45) is 5.10 Å². The second kappa shape index (κ2) is 7.87. The van der Waals surface area contributed by atoms with Gasteiger partial charge < -0.3 is 9.32 Å². The summed E-state index contributed by atoms with van der Waals surface area (Å²) < 4.78 is 44.0. The van der Waals surface area contributed by atoms with E-state index in [1.54, 1.807) is 18.2 Å². The van der Waals surface area contributed by atoms with Crippen molar-refractivity contribution in [1.29, 1.82) is 0 Å². The lowest BCUT2D eigenvalue weighted by atomic mass is 10.1. The molecular formula is C19H18F3N3O3. The number of rotatable bonds is 5. The van der Waals surface area contributed by atoms with Crippen LogP contribution in [0.25, 0.3) is 0 Å². The van der Waals surface area contributed by atoms with E-state index in [2.05, 4.69) is 5.10 Å². The van der Waals surface area contributed by atoms with Gasteiger partial charge in [0.2, 0.25) is 5.91 Å².